The highest BCUT2D eigenvalue weighted by atomic mass is 16.6. The van der Waals surface area contributed by atoms with Crippen LogP contribution in [0.3, 0.4) is 0 Å². The van der Waals surface area contributed by atoms with Gasteiger partial charge in [0.2, 0.25) is 0 Å². The van der Waals surface area contributed by atoms with Crippen LogP contribution in [0, 0.1) is 10.1 Å². The molecule has 27 heavy (non-hydrogen) atoms. The molecule has 0 spiro atoms. The van der Waals surface area contributed by atoms with E-state index in [1.807, 2.05) is 17.0 Å². The Hall–Kier alpha value is -3.42. The Morgan fingerprint density at radius 3 is 2.04 bits per heavy atom. The summed E-state index contributed by atoms with van der Waals surface area (Å²) in [6.45, 7) is 3.99. The van der Waals surface area contributed by atoms with Crippen molar-refractivity contribution in [3.8, 4) is 0 Å². The number of Topliss-reactive ketones (excluding diaryl/α,β-unsaturated/α-hetero) is 1. The topological polar surface area (TPSA) is 104 Å². The number of ketones is 1. The Morgan fingerprint density at radius 2 is 1.52 bits per heavy atom. The number of nitrogens with zero attached hydrogens (tertiary/aromatic N) is 3. The summed E-state index contributed by atoms with van der Waals surface area (Å²) in [4.78, 5) is 37.3. The molecule has 0 amide bonds. The SMILES string of the molecule is CC(=O)c1ccc(N2CCN(c3ccc(C(=O)O)cc3[N+](=O)[O-])CC2)cc1. The zero-order valence-corrected chi connectivity index (χ0v) is 14.8. The molecule has 3 rings (SSSR count). The van der Waals surface area contributed by atoms with E-state index in [1.54, 1.807) is 12.1 Å². The Kier molecular flexibility index (Phi) is 5.07. The van der Waals surface area contributed by atoms with Crippen LogP contribution in [0.4, 0.5) is 17.1 Å². The summed E-state index contributed by atoms with van der Waals surface area (Å²) in [5.74, 6) is -1.17. The molecule has 140 valence electrons. The number of nitro groups is 1. The lowest BCUT2D eigenvalue weighted by Gasteiger charge is -2.37. The number of benzene rings is 2. The fraction of sp³-hybridized carbons (Fsp3) is 0.263. The third-order valence-corrected chi connectivity index (χ3v) is 4.68. The number of rotatable bonds is 5. The molecule has 1 aliphatic rings. The maximum Gasteiger partial charge on any atom is 0.335 e. The van der Waals surface area contributed by atoms with Crippen LogP contribution in [-0.2, 0) is 0 Å². The van der Waals surface area contributed by atoms with Crippen LogP contribution in [0.2, 0.25) is 0 Å². The minimum atomic E-state index is -1.19. The lowest BCUT2D eigenvalue weighted by atomic mass is 10.1. The number of carboxylic acid groups (broad SMARTS) is 1. The first-order valence-electron chi connectivity index (χ1n) is 8.49. The molecular formula is C19H19N3O5. The van der Waals surface area contributed by atoms with Gasteiger partial charge in [0.1, 0.15) is 5.69 Å². The van der Waals surface area contributed by atoms with Crippen LogP contribution in [0.1, 0.15) is 27.6 Å². The molecule has 0 aromatic heterocycles. The van der Waals surface area contributed by atoms with Gasteiger partial charge in [0.15, 0.2) is 5.78 Å². The molecule has 0 unspecified atom stereocenters. The summed E-state index contributed by atoms with van der Waals surface area (Å²) in [7, 11) is 0. The highest BCUT2D eigenvalue weighted by molar-refractivity contribution is 5.94. The predicted octanol–water partition coefficient (Wildman–Crippen LogP) is 2.82. The van der Waals surface area contributed by atoms with E-state index >= 15 is 0 Å². The molecule has 0 radical (unpaired) electrons. The molecule has 0 bridgehead atoms. The predicted molar refractivity (Wildman–Crippen MR) is 101 cm³/mol. The van der Waals surface area contributed by atoms with E-state index in [9.17, 15) is 19.7 Å². The number of aromatic carboxylic acids is 1. The molecule has 1 N–H and O–H groups in total. The van der Waals surface area contributed by atoms with Gasteiger partial charge in [0.05, 0.1) is 10.5 Å². The van der Waals surface area contributed by atoms with Crippen LogP contribution in [0.25, 0.3) is 0 Å². The van der Waals surface area contributed by atoms with Crippen LogP contribution in [0.5, 0.6) is 0 Å². The molecule has 1 fully saturated rings. The third-order valence-electron chi connectivity index (χ3n) is 4.68. The molecule has 0 atom stereocenters. The van der Waals surface area contributed by atoms with Gasteiger partial charge in [0.25, 0.3) is 5.69 Å². The second kappa shape index (κ2) is 7.45. The number of nitro benzene ring substituents is 1. The first-order chi connectivity index (χ1) is 12.9. The lowest BCUT2D eigenvalue weighted by Crippen LogP contribution is -2.46. The largest absolute Gasteiger partial charge is 0.478 e. The molecule has 0 aliphatic carbocycles. The molecule has 1 aliphatic heterocycles. The first kappa shape index (κ1) is 18.4. The monoisotopic (exact) mass is 369 g/mol. The molecule has 2 aromatic carbocycles. The summed E-state index contributed by atoms with van der Waals surface area (Å²) < 4.78 is 0. The Bertz CT molecular complexity index is 887. The minimum absolute atomic E-state index is 0.0171. The lowest BCUT2D eigenvalue weighted by molar-refractivity contribution is -0.384. The molecule has 1 saturated heterocycles. The Labute approximate surface area is 155 Å². The van der Waals surface area contributed by atoms with Gasteiger partial charge in [-0.25, -0.2) is 4.79 Å². The van der Waals surface area contributed by atoms with Crippen molar-refractivity contribution in [1.29, 1.82) is 0 Å². The number of piperazine rings is 1. The van der Waals surface area contributed by atoms with E-state index in [2.05, 4.69) is 4.90 Å². The minimum Gasteiger partial charge on any atom is -0.478 e. The highest BCUT2D eigenvalue weighted by Crippen LogP contribution is 2.31. The smallest absolute Gasteiger partial charge is 0.335 e. The molecular weight excluding hydrogens is 350 g/mol. The number of carboxylic acids is 1. The van der Waals surface area contributed by atoms with Gasteiger partial charge < -0.3 is 14.9 Å². The number of anilines is 2. The second-order valence-electron chi connectivity index (χ2n) is 6.34. The fourth-order valence-electron chi connectivity index (χ4n) is 3.18. The molecule has 1 heterocycles. The molecule has 8 heteroatoms. The molecule has 8 nitrogen and oxygen atoms in total. The van der Waals surface area contributed by atoms with Crippen LogP contribution < -0.4 is 9.80 Å². The van der Waals surface area contributed by atoms with E-state index in [4.69, 9.17) is 5.11 Å². The number of carbonyl (C=O) groups excluding carboxylic acids is 1. The average molecular weight is 369 g/mol. The van der Waals surface area contributed by atoms with E-state index < -0.39 is 10.9 Å². The van der Waals surface area contributed by atoms with E-state index in [0.717, 1.165) is 11.8 Å². The van der Waals surface area contributed by atoms with Crippen LogP contribution in [-0.4, -0.2) is 48.0 Å². The molecule has 0 saturated carbocycles. The normalized spacial score (nSPS) is 14.1. The number of carbonyl (C=O) groups is 2. The van der Waals surface area contributed by atoms with Crippen molar-refractivity contribution in [2.24, 2.45) is 0 Å². The average Bonchev–Trinajstić information content (AvgIpc) is 2.67. The zero-order chi connectivity index (χ0) is 19.6. The second-order valence-corrected chi connectivity index (χ2v) is 6.34. The summed E-state index contributed by atoms with van der Waals surface area (Å²) in [6.07, 6.45) is 0. The van der Waals surface area contributed by atoms with Crippen molar-refractivity contribution < 1.29 is 19.6 Å². The standard InChI is InChI=1S/C19H19N3O5/c1-13(23)14-2-5-16(6-3-14)20-8-10-21(11-9-20)17-7-4-15(19(24)25)12-18(17)22(26)27/h2-7,12H,8-11H2,1H3,(H,24,25). The molecule has 2 aromatic rings. The van der Waals surface area contributed by atoms with E-state index in [1.165, 1.54) is 19.1 Å². The maximum atomic E-state index is 11.4. The van der Waals surface area contributed by atoms with Crippen molar-refractivity contribution in [3.05, 3.63) is 63.7 Å². The Balaban J connectivity index is 1.74. The fourth-order valence-corrected chi connectivity index (χ4v) is 3.18. The van der Waals surface area contributed by atoms with Gasteiger partial charge in [-0.15, -0.1) is 0 Å². The van der Waals surface area contributed by atoms with Crippen LogP contribution >= 0.6 is 0 Å². The van der Waals surface area contributed by atoms with Gasteiger partial charge >= 0.3 is 5.97 Å². The quantitative estimate of drug-likeness (QED) is 0.491. The van der Waals surface area contributed by atoms with Crippen molar-refractivity contribution in [2.45, 2.75) is 6.92 Å². The van der Waals surface area contributed by atoms with Crippen molar-refractivity contribution in [1.82, 2.24) is 0 Å². The summed E-state index contributed by atoms with van der Waals surface area (Å²) in [6, 6.07) is 11.4. The zero-order valence-electron chi connectivity index (χ0n) is 14.8. The van der Waals surface area contributed by atoms with Gasteiger partial charge in [-0.05, 0) is 43.3 Å². The maximum absolute atomic E-state index is 11.4. The number of hydrogen-bond acceptors (Lipinski definition) is 6. The highest BCUT2D eigenvalue weighted by Gasteiger charge is 2.25. The van der Waals surface area contributed by atoms with Gasteiger partial charge in [0, 0.05) is 43.5 Å². The third kappa shape index (κ3) is 3.89. The van der Waals surface area contributed by atoms with Gasteiger partial charge in [-0.1, -0.05) is 0 Å². The number of hydrogen-bond donors (Lipinski definition) is 1. The van der Waals surface area contributed by atoms with E-state index in [0.29, 0.717) is 37.4 Å². The van der Waals surface area contributed by atoms with Gasteiger partial charge in [-0.2, -0.15) is 0 Å². The van der Waals surface area contributed by atoms with Gasteiger partial charge in [-0.3, -0.25) is 14.9 Å². The van der Waals surface area contributed by atoms with Crippen molar-refractivity contribution in [2.75, 3.05) is 36.0 Å². The summed E-state index contributed by atoms with van der Waals surface area (Å²) in [5.41, 5.74) is 1.78. The van der Waals surface area contributed by atoms with Crippen LogP contribution in [0.15, 0.2) is 42.5 Å². The first-order valence-corrected chi connectivity index (χ1v) is 8.49. The Morgan fingerprint density at radius 1 is 0.963 bits per heavy atom. The summed E-state index contributed by atoms with van der Waals surface area (Å²) in [5, 5.41) is 20.4. The van der Waals surface area contributed by atoms with E-state index in [-0.39, 0.29) is 17.0 Å². The summed E-state index contributed by atoms with van der Waals surface area (Å²) >= 11 is 0. The van der Waals surface area contributed by atoms with Crippen molar-refractivity contribution >= 4 is 28.8 Å². The van der Waals surface area contributed by atoms with Crippen molar-refractivity contribution in [3.63, 3.8) is 0 Å².